The van der Waals surface area contributed by atoms with Crippen LogP contribution in [0.2, 0.25) is 0 Å². The number of aryl methyl sites for hydroxylation is 1. The molecule has 2 aromatic heterocycles. The van der Waals surface area contributed by atoms with Crippen molar-refractivity contribution in [3.63, 3.8) is 0 Å². The summed E-state index contributed by atoms with van der Waals surface area (Å²) in [5.41, 5.74) is 1.40. The minimum atomic E-state index is 0.326. The molecule has 7 heteroatoms. The summed E-state index contributed by atoms with van der Waals surface area (Å²) in [6, 6.07) is 0. The number of ether oxygens (including phenoxy) is 2. The van der Waals surface area contributed by atoms with Crippen LogP contribution in [0.4, 0.5) is 0 Å². The van der Waals surface area contributed by atoms with Crippen LogP contribution in [-0.2, 0) is 17.2 Å². The third-order valence-electron chi connectivity index (χ3n) is 3.01. The molecule has 21 heavy (non-hydrogen) atoms. The van der Waals surface area contributed by atoms with Gasteiger partial charge in [0.2, 0.25) is 5.88 Å². The Morgan fingerprint density at radius 1 is 1.33 bits per heavy atom. The van der Waals surface area contributed by atoms with E-state index in [-0.39, 0.29) is 0 Å². The molecule has 2 rings (SSSR count). The van der Waals surface area contributed by atoms with Gasteiger partial charge in [-0.2, -0.15) is 4.98 Å². The molecule has 0 saturated heterocycles. The summed E-state index contributed by atoms with van der Waals surface area (Å²) in [5, 5.41) is 0. The summed E-state index contributed by atoms with van der Waals surface area (Å²) in [7, 11) is 1.57. The predicted octanol–water partition coefficient (Wildman–Crippen LogP) is 2.64. The maximum Gasteiger partial charge on any atom is 0.245 e. The standard InChI is InChI=1S/C14H21ClN4O2/c1-10(2)8-21-6-4-5-19-11(7-15)18-12-13(19)16-9-17-14(12)20-3/h9-10H,4-8H2,1-3H3. The monoisotopic (exact) mass is 312 g/mol. The van der Waals surface area contributed by atoms with Crippen LogP contribution in [-0.4, -0.2) is 39.8 Å². The van der Waals surface area contributed by atoms with Crippen molar-refractivity contribution in [1.29, 1.82) is 0 Å². The number of imidazole rings is 1. The molecule has 0 unspecified atom stereocenters. The second-order valence-electron chi connectivity index (χ2n) is 5.19. The fraction of sp³-hybridized carbons (Fsp3) is 0.643. The minimum absolute atomic E-state index is 0.326. The Labute approximate surface area is 129 Å². The first-order chi connectivity index (χ1) is 10.2. The topological polar surface area (TPSA) is 62.1 Å². The maximum absolute atomic E-state index is 5.98. The molecule has 0 radical (unpaired) electrons. The molecular weight excluding hydrogens is 292 g/mol. The number of hydrogen-bond donors (Lipinski definition) is 0. The zero-order valence-corrected chi connectivity index (χ0v) is 13.4. The van der Waals surface area contributed by atoms with Gasteiger partial charge in [-0.3, -0.25) is 0 Å². The van der Waals surface area contributed by atoms with Crippen LogP contribution < -0.4 is 4.74 Å². The SMILES string of the molecule is COc1ncnc2c1nc(CCl)n2CCCOCC(C)C. The molecule has 0 spiro atoms. The number of nitrogens with zero attached hydrogens (tertiary/aromatic N) is 4. The first-order valence-electron chi connectivity index (χ1n) is 7.05. The number of methoxy groups -OCH3 is 1. The van der Waals surface area contributed by atoms with Gasteiger partial charge >= 0.3 is 0 Å². The molecule has 0 fully saturated rings. The van der Waals surface area contributed by atoms with Gasteiger partial charge in [0.15, 0.2) is 11.2 Å². The molecule has 0 aliphatic carbocycles. The van der Waals surface area contributed by atoms with E-state index in [2.05, 4.69) is 28.8 Å². The molecular formula is C14H21ClN4O2. The minimum Gasteiger partial charge on any atom is -0.479 e. The number of halogens is 1. The van der Waals surface area contributed by atoms with Crippen molar-refractivity contribution >= 4 is 22.8 Å². The lowest BCUT2D eigenvalue weighted by Gasteiger charge is -2.09. The van der Waals surface area contributed by atoms with Gasteiger partial charge in [-0.15, -0.1) is 11.6 Å². The fourth-order valence-electron chi connectivity index (χ4n) is 2.09. The van der Waals surface area contributed by atoms with Gasteiger partial charge < -0.3 is 14.0 Å². The highest BCUT2D eigenvalue weighted by atomic mass is 35.5. The average Bonchev–Trinajstić information content (AvgIpc) is 2.84. The Morgan fingerprint density at radius 2 is 2.14 bits per heavy atom. The van der Waals surface area contributed by atoms with Gasteiger partial charge in [-0.25, -0.2) is 9.97 Å². The Bertz CT molecular complexity index is 586. The summed E-state index contributed by atoms with van der Waals surface area (Å²) in [4.78, 5) is 12.8. The highest BCUT2D eigenvalue weighted by Crippen LogP contribution is 2.22. The lowest BCUT2D eigenvalue weighted by atomic mass is 10.2. The van der Waals surface area contributed by atoms with E-state index >= 15 is 0 Å². The third-order valence-corrected chi connectivity index (χ3v) is 3.25. The van der Waals surface area contributed by atoms with E-state index in [1.165, 1.54) is 6.33 Å². The quantitative estimate of drug-likeness (QED) is 0.554. The molecule has 2 aromatic rings. The van der Waals surface area contributed by atoms with E-state index in [1.54, 1.807) is 7.11 Å². The Morgan fingerprint density at radius 3 is 2.81 bits per heavy atom. The zero-order valence-electron chi connectivity index (χ0n) is 12.7. The zero-order chi connectivity index (χ0) is 15.2. The molecule has 2 heterocycles. The van der Waals surface area contributed by atoms with E-state index in [9.17, 15) is 0 Å². The molecule has 0 aliphatic rings. The normalized spacial score (nSPS) is 11.5. The van der Waals surface area contributed by atoms with Gasteiger partial charge in [0.25, 0.3) is 0 Å². The molecule has 6 nitrogen and oxygen atoms in total. The number of fused-ring (bicyclic) bond motifs is 1. The second kappa shape index (κ2) is 7.56. The van der Waals surface area contributed by atoms with E-state index in [1.807, 2.05) is 4.57 Å². The highest BCUT2D eigenvalue weighted by molar-refractivity contribution is 6.16. The Hall–Kier alpha value is -1.40. The molecule has 0 atom stereocenters. The fourth-order valence-corrected chi connectivity index (χ4v) is 2.30. The van der Waals surface area contributed by atoms with E-state index in [0.29, 0.717) is 29.8 Å². The average molecular weight is 313 g/mol. The first kappa shape index (κ1) is 16.0. The van der Waals surface area contributed by atoms with Crippen molar-refractivity contribution in [2.24, 2.45) is 5.92 Å². The van der Waals surface area contributed by atoms with Crippen molar-refractivity contribution in [2.45, 2.75) is 32.7 Å². The molecule has 0 saturated carbocycles. The summed E-state index contributed by atoms with van der Waals surface area (Å²) in [6.45, 7) is 6.53. The van der Waals surface area contributed by atoms with Gasteiger partial charge in [0, 0.05) is 19.8 Å². The van der Waals surface area contributed by atoms with Crippen LogP contribution in [0, 0.1) is 5.92 Å². The van der Waals surface area contributed by atoms with Crippen LogP contribution in [0.15, 0.2) is 6.33 Å². The molecule has 0 N–H and O–H groups in total. The number of aromatic nitrogens is 4. The molecule has 0 aliphatic heterocycles. The summed E-state index contributed by atoms with van der Waals surface area (Å²) in [6.07, 6.45) is 2.36. The van der Waals surface area contributed by atoms with Gasteiger partial charge in [0.05, 0.1) is 13.0 Å². The van der Waals surface area contributed by atoms with Crippen LogP contribution in [0.3, 0.4) is 0 Å². The number of hydrogen-bond acceptors (Lipinski definition) is 5. The molecule has 0 amide bonds. The smallest absolute Gasteiger partial charge is 0.245 e. The summed E-state index contributed by atoms with van der Waals surface area (Å²) < 4.78 is 12.8. The third kappa shape index (κ3) is 3.83. The summed E-state index contributed by atoms with van der Waals surface area (Å²) in [5.74, 6) is 2.12. The summed E-state index contributed by atoms with van der Waals surface area (Å²) >= 11 is 5.98. The van der Waals surface area contributed by atoms with Crippen molar-refractivity contribution in [3.05, 3.63) is 12.2 Å². The van der Waals surface area contributed by atoms with E-state index in [4.69, 9.17) is 21.1 Å². The van der Waals surface area contributed by atoms with Gasteiger partial charge in [0.1, 0.15) is 12.2 Å². The molecule has 0 aromatic carbocycles. The van der Waals surface area contributed by atoms with Crippen LogP contribution in [0.5, 0.6) is 5.88 Å². The van der Waals surface area contributed by atoms with Gasteiger partial charge in [-0.1, -0.05) is 13.8 Å². The Balaban J connectivity index is 2.11. The largest absolute Gasteiger partial charge is 0.479 e. The maximum atomic E-state index is 5.98. The van der Waals surface area contributed by atoms with E-state index < -0.39 is 0 Å². The molecule has 0 bridgehead atoms. The van der Waals surface area contributed by atoms with Crippen molar-refractivity contribution in [3.8, 4) is 5.88 Å². The lowest BCUT2D eigenvalue weighted by molar-refractivity contribution is 0.105. The number of rotatable bonds is 8. The first-order valence-corrected chi connectivity index (χ1v) is 7.58. The number of alkyl halides is 1. The Kier molecular flexibility index (Phi) is 5.76. The van der Waals surface area contributed by atoms with Crippen LogP contribution in [0.1, 0.15) is 26.1 Å². The van der Waals surface area contributed by atoms with Gasteiger partial charge in [-0.05, 0) is 12.3 Å². The second-order valence-corrected chi connectivity index (χ2v) is 5.46. The van der Waals surface area contributed by atoms with Crippen molar-refractivity contribution in [1.82, 2.24) is 19.5 Å². The van der Waals surface area contributed by atoms with E-state index in [0.717, 1.165) is 31.0 Å². The highest BCUT2D eigenvalue weighted by Gasteiger charge is 2.15. The lowest BCUT2D eigenvalue weighted by Crippen LogP contribution is -2.08. The van der Waals surface area contributed by atoms with Crippen LogP contribution >= 0.6 is 11.6 Å². The van der Waals surface area contributed by atoms with Crippen LogP contribution in [0.25, 0.3) is 11.2 Å². The predicted molar refractivity (Wildman–Crippen MR) is 81.7 cm³/mol. The van der Waals surface area contributed by atoms with Crippen molar-refractivity contribution < 1.29 is 9.47 Å². The molecule has 116 valence electrons. The van der Waals surface area contributed by atoms with Crippen molar-refractivity contribution in [2.75, 3.05) is 20.3 Å².